The van der Waals surface area contributed by atoms with E-state index in [4.69, 9.17) is 0 Å². The molecule has 1 unspecified atom stereocenters. The van der Waals surface area contributed by atoms with Gasteiger partial charge in [-0.05, 0) is 38.8 Å². The molecule has 0 amide bonds. The molecule has 0 heterocycles. The Bertz CT molecular complexity index is 261. The second-order valence-corrected chi connectivity index (χ2v) is 13.9. The van der Waals surface area contributed by atoms with E-state index in [0.717, 1.165) is 24.7 Å². The van der Waals surface area contributed by atoms with Gasteiger partial charge in [-0.3, -0.25) is 4.79 Å². The third kappa shape index (κ3) is 10.1. The summed E-state index contributed by atoms with van der Waals surface area (Å²) in [5.41, 5.74) is 2.65. The zero-order valence-electron chi connectivity index (χ0n) is 10.3. The Morgan fingerprint density at radius 3 is 2.33 bits per heavy atom. The normalized spacial score (nSPS) is 14.2. The Labute approximate surface area is 97.1 Å². The van der Waals surface area contributed by atoms with Gasteiger partial charge in [-0.2, -0.15) is 0 Å². The molecule has 0 saturated carbocycles. The molecule has 1 nitrogen and oxygen atoms in total. The van der Waals surface area contributed by atoms with Gasteiger partial charge in [0.2, 0.25) is 0 Å². The molecule has 0 aromatic heterocycles. The minimum atomic E-state index is -1.04. The van der Waals surface area contributed by atoms with E-state index >= 15 is 0 Å². The number of hydrogen-bond donors (Lipinski definition) is 0. The predicted octanol–water partition coefficient (Wildman–Crippen LogP) is 3.94. The second-order valence-electron chi connectivity index (χ2n) is 4.90. The van der Waals surface area contributed by atoms with E-state index in [1.54, 1.807) is 6.08 Å². The summed E-state index contributed by atoms with van der Waals surface area (Å²) in [7, 11) is 1.97. The molecular formula is C12H23OPSi. The Hall–Kier alpha value is -0.203. The number of hydrogen-bond acceptors (Lipinski definition) is 1. The van der Waals surface area contributed by atoms with E-state index < -0.39 is 7.74 Å². The van der Waals surface area contributed by atoms with E-state index in [-0.39, 0.29) is 0 Å². The van der Waals surface area contributed by atoms with E-state index in [2.05, 4.69) is 34.9 Å². The second kappa shape index (κ2) is 7.13. The molecule has 0 radical (unpaired) electrons. The molecule has 0 N–H and O–H groups in total. The van der Waals surface area contributed by atoms with Gasteiger partial charge in [0, 0.05) is 0 Å². The van der Waals surface area contributed by atoms with E-state index in [1.165, 1.54) is 11.6 Å². The molecule has 0 aliphatic heterocycles. The van der Waals surface area contributed by atoms with Crippen molar-refractivity contribution in [1.82, 2.24) is 0 Å². The van der Waals surface area contributed by atoms with Crippen molar-refractivity contribution in [3.05, 3.63) is 23.3 Å². The molecule has 15 heavy (non-hydrogen) atoms. The van der Waals surface area contributed by atoms with Crippen molar-refractivity contribution in [1.29, 1.82) is 0 Å². The van der Waals surface area contributed by atoms with Crippen LogP contribution in [0.1, 0.15) is 26.7 Å². The van der Waals surface area contributed by atoms with Crippen LogP contribution in [0.3, 0.4) is 0 Å². The molecule has 0 aliphatic rings. The highest BCUT2D eigenvalue weighted by atomic mass is 31.3. The third-order valence-corrected chi connectivity index (χ3v) is 4.20. The molecule has 0 bridgehead atoms. The first-order valence-electron chi connectivity index (χ1n) is 5.40. The van der Waals surface area contributed by atoms with Crippen molar-refractivity contribution in [2.45, 2.75) is 45.8 Å². The molecule has 0 saturated heterocycles. The Morgan fingerprint density at radius 2 is 1.87 bits per heavy atom. The quantitative estimate of drug-likeness (QED) is 0.227. The summed E-state index contributed by atoms with van der Waals surface area (Å²) in [5, 5.41) is 0. The van der Waals surface area contributed by atoms with Gasteiger partial charge < -0.3 is 0 Å². The van der Waals surface area contributed by atoms with Gasteiger partial charge in [-0.1, -0.05) is 30.3 Å². The molecule has 0 aromatic carbocycles. The SMILES string of the molecule is CC(=CCC/C(C)=C\C=O)C[Si](C)(C)P. The predicted molar refractivity (Wildman–Crippen MR) is 74.8 cm³/mol. The molecule has 0 aromatic rings. The van der Waals surface area contributed by atoms with Crippen molar-refractivity contribution in [2.24, 2.45) is 0 Å². The number of rotatable bonds is 6. The minimum Gasteiger partial charge on any atom is -0.299 e. The molecule has 0 rings (SSSR count). The van der Waals surface area contributed by atoms with Crippen LogP contribution in [0.25, 0.3) is 0 Å². The lowest BCUT2D eigenvalue weighted by molar-refractivity contribution is -0.104. The lowest BCUT2D eigenvalue weighted by atomic mass is 10.1. The lowest BCUT2D eigenvalue weighted by Gasteiger charge is -2.15. The van der Waals surface area contributed by atoms with Crippen molar-refractivity contribution in [2.75, 3.05) is 0 Å². The van der Waals surface area contributed by atoms with Crippen LogP contribution in [-0.2, 0) is 4.79 Å². The first-order chi connectivity index (χ1) is 6.85. The van der Waals surface area contributed by atoms with Gasteiger partial charge >= 0.3 is 0 Å². The highest BCUT2D eigenvalue weighted by molar-refractivity contribution is 7.68. The van der Waals surface area contributed by atoms with E-state index in [9.17, 15) is 4.79 Å². The largest absolute Gasteiger partial charge is 0.299 e. The molecular weight excluding hydrogens is 219 g/mol. The summed E-state index contributed by atoms with van der Waals surface area (Å²) >= 11 is 0. The van der Waals surface area contributed by atoms with Crippen LogP contribution in [-0.4, -0.2) is 14.0 Å². The van der Waals surface area contributed by atoms with Crippen molar-refractivity contribution >= 4 is 22.8 Å². The summed E-state index contributed by atoms with van der Waals surface area (Å²) in [6.45, 7) is 8.92. The maximum Gasteiger partial charge on any atom is 0.142 e. The van der Waals surface area contributed by atoms with Crippen LogP contribution in [0.5, 0.6) is 0 Å². The highest BCUT2D eigenvalue weighted by Crippen LogP contribution is 2.22. The zero-order chi connectivity index (χ0) is 11.9. The van der Waals surface area contributed by atoms with Crippen LogP contribution in [0.15, 0.2) is 23.3 Å². The summed E-state index contributed by atoms with van der Waals surface area (Å²) in [4.78, 5) is 10.2. The summed E-state index contributed by atoms with van der Waals surface area (Å²) in [5.74, 6) is 0. The molecule has 0 fully saturated rings. The maximum absolute atomic E-state index is 10.2. The van der Waals surface area contributed by atoms with Crippen LogP contribution >= 0.6 is 8.79 Å². The highest BCUT2D eigenvalue weighted by Gasteiger charge is 2.13. The monoisotopic (exact) mass is 242 g/mol. The first-order valence-corrected chi connectivity index (χ1v) is 10.4. The Kier molecular flexibility index (Phi) is 7.04. The number of carbonyl (C=O) groups excluding carboxylic acids is 1. The van der Waals surface area contributed by atoms with E-state index in [1.807, 2.05) is 6.92 Å². The van der Waals surface area contributed by atoms with Crippen molar-refractivity contribution < 1.29 is 4.79 Å². The summed E-state index contributed by atoms with van der Waals surface area (Å²) in [6, 6.07) is 1.24. The van der Waals surface area contributed by atoms with Crippen LogP contribution in [0.4, 0.5) is 0 Å². The fourth-order valence-corrected chi connectivity index (χ4v) is 4.08. The average Bonchev–Trinajstić information content (AvgIpc) is 2.00. The molecule has 3 heteroatoms. The summed E-state index contributed by atoms with van der Waals surface area (Å²) in [6.07, 6.45) is 6.87. The van der Waals surface area contributed by atoms with E-state index in [0.29, 0.717) is 0 Å². The molecule has 0 spiro atoms. The van der Waals surface area contributed by atoms with Gasteiger partial charge in [-0.25, -0.2) is 0 Å². The topological polar surface area (TPSA) is 17.1 Å². The van der Waals surface area contributed by atoms with Gasteiger partial charge in [-0.15, -0.1) is 8.79 Å². The lowest BCUT2D eigenvalue weighted by Crippen LogP contribution is -2.14. The Morgan fingerprint density at radius 1 is 1.27 bits per heavy atom. The summed E-state index contributed by atoms with van der Waals surface area (Å²) < 4.78 is 0. The number of allylic oxidation sites excluding steroid dienone is 4. The van der Waals surface area contributed by atoms with Gasteiger partial charge in [0.1, 0.15) is 6.29 Å². The third-order valence-electron chi connectivity index (χ3n) is 2.12. The average molecular weight is 242 g/mol. The molecule has 1 atom stereocenters. The fraction of sp³-hybridized carbons (Fsp3) is 0.583. The first kappa shape index (κ1) is 14.8. The zero-order valence-corrected chi connectivity index (χ0v) is 12.5. The van der Waals surface area contributed by atoms with Crippen LogP contribution in [0, 0.1) is 0 Å². The smallest absolute Gasteiger partial charge is 0.142 e. The number of aldehydes is 1. The van der Waals surface area contributed by atoms with Gasteiger partial charge in [0.25, 0.3) is 0 Å². The van der Waals surface area contributed by atoms with Crippen molar-refractivity contribution in [3.63, 3.8) is 0 Å². The molecule has 0 aliphatic carbocycles. The fourth-order valence-electron chi connectivity index (χ4n) is 1.54. The van der Waals surface area contributed by atoms with Crippen molar-refractivity contribution in [3.8, 4) is 0 Å². The minimum absolute atomic E-state index is 0.866. The molecule has 86 valence electrons. The standard InChI is InChI=1S/C12H23OPSi/c1-11(8-9-13)6-5-7-12(2)10-15(3,4)14/h7-9H,5-6,10,14H2,1-4H3/b11-8-,12-7?. The van der Waals surface area contributed by atoms with Crippen LogP contribution in [0.2, 0.25) is 19.1 Å². The Balaban J connectivity index is 3.97. The number of carbonyl (C=O) groups is 1. The maximum atomic E-state index is 10.2. The van der Waals surface area contributed by atoms with Gasteiger partial charge in [0.15, 0.2) is 0 Å². The van der Waals surface area contributed by atoms with Crippen LogP contribution < -0.4 is 0 Å². The van der Waals surface area contributed by atoms with Gasteiger partial charge in [0.05, 0.1) is 7.74 Å².